The van der Waals surface area contributed by atoms with Crippen LogP contribution >= 0.6 is 0 Å². The molecule has 0 unspecified atom stereocenters. The van der Waals surface area contributed by atoms with Gasteiger partial charge in [0.1, 0.15) is 5.41 Å². The molecule has 2 rings (SSSR count). The molecule has 84 valence electrons. The fraction of sp³-hybridized carbons (Fsp3) is 0.909. The van der Waals surface area contributed by atoms with Gasteiger partial charge in [0.15, 0.2) is 0 Å². The molecule has 1 N–H and O–H groups in total. The minimum atomic E-state index is -0.233. The van der Waals surface area contributed by atoms with Crippen molar-refractivity contribution in [3.05, 3.63) is 0 Å². The molecule has 2 fully saturated rings. The van der Waals surface area contributed by atoms with Crippen molar-refractivity contribution in [3.63, 3.8) is 0 Å². The molecule has 2 aliphatic rings. The third kappa shape index (κ3) is 2.49. The van der Waals surface area contributed by atoms with Crippen molar-refractivity contribution in [1.29, 1.82) is 5.26 Å². The van der Waals surface area contributed by atoms with E-state index >= 15 is 0 Å². The Bertz CT molecular complexity index is 249. The van der Waals surface area contributed by atoms with Crippen LogP contribution in [0.4, 0.5) is 0 Å². The highest BCUT2D eigenvalue weighted by molar-refractivity contribution is 5.05. The van der Waals surface area contributed by atoms with Gasteiger partial charge < -0.3 is 15.0 Å². The molecule has 0 aromatic heterocycles. The van der Waals surface area contributed by atoms with Gasteiger partial charge in [-0.15, -0.1) is 0 Å². The number of hydrogen-bond donors (Lipinski definition) is 1. The first-order chi connectivity index (χ1) is 7.24. The third-order valence-corrected chi connectivity index (χ3v) is 3.44. The summed E-state index contributed by atoms with van der Waals surface area (Å²) < 4.78 is 5.12. The summed E-state index contributed by atoms with van der Waals surface area (Å²) in [4.78, 5) is 2.35. The molecule has 0 bridgehead atoms. The first kappa shape index (κ1) is 10.9. The normalized spacial score (nSPS) is 26.9. The Kier molecular flexibility index (Phi) is 3.25. The van der Waals surface area contributed by atoms with Gasteiger partial charge in [-0.3, -0.25) is 0 Å². The van der Waals surface area contributed by atoms with E-state index in [-0.39, 0.29) is 5.41 Å². The van der Waals surface area contributed by atoms with Gasteiger partial charge in [-0.05, 0) is 33.0 Å². The SMILES string of the molecule is CN1CCC(NCC2(C#N)COC2)CC1. The Morgan fingerprint density at radius 3 is 2.60 bits per heavy atom. The summed E-state index contributed by atoms with van der Waals surface area (Å²) in [6.45, 7) is 4.31. The quantitative estimate of drug-likeness (QED) is 0.722. The molecule has 15 heavy (non-hydrogen) atoms. The van der Waals surface area contributed by atoms with E-state index in [2.05, 4.69) is 23.3 Å². The number of nitrogens with one attached hydrogen (secondary N) is 1. The molecule has 0 saturated carbocycles. The number of ether oxygens (including phenoxy) is 1. The van der Waals surface area contributed by atoms with Crippen molar-refractivity contribution in [2.45, 2.75) is 18.9 Å². The summed E-state index contributed by atoms with van der Waals surface area (Å²) in [6.07, 6.45) is 2.39. The Labute approximate surface area is 91.2 Å². The molecular formula is C11H19N3O. The minimum absolute atomic E-state index is 0.233. The van der Waals surface area contributed by atoms with Gasteiger partial charge in [0.25, 0.3) is 0 Å². The Hall–Kier alpha value is -0.630. The Morgan fingerprint density at radius 2 is 2.13 bits per heavy atom. The lowest BCUT2D eigenvalue weighted by molar-refractivity contribution is -0.0769. The van der Waals surface area contributed by atoms with Gasteiger partial charge in [0, 0.05) is 12.6 Å². The van der Waals surface area contributed by atoms with Gasteiger partial charge in [-0.1, -0.05) is 0 Å². The molecule has 2 aliphatic heterocycles. The average Bonchev–Trinajstić information content (AvgIpc) is 2.20. The zero-order valence-corrected chi connectivity index (χ0v) is 9.33. The van der Waals surface area contributed by atoms with Gasteiger partial charge in [0.2, 0.25) is 0 Å². The highest BCUT2D eigenvalue weighted by Gasteiger charge is 2.39. The van der Waals surface area contributed by atoms with Crippen LogP contribution in [-0.2, 0) is 4.74 Å². The molecule has 0 amide bonds. The predicted molar refractivity (Wildman–Crippen MR) is 57.4 cm³/mol. The van der Waals surface area contributed by atoms with E-state index in [4.69, 9.17) is 10.00 Å². The Morgan fingerprint density at radius 1 is 1.47 bits per heavy atom. The molecule has 0 spiro atoms. The highest BCUT2D eigenvalue weighted by atomic mass is 16.5. The number of piperidine rings is 1. The van der Waals surface area contributed by atoms with Crippen molar-refractivity contribution < 1.29 is 4.74 Å². The maximum Gasteiger partial charge on any atom is 0.116 e. The molecule has 0 aromatic rings. The summed E-state index contributed by atoms with van der Waals surface area (Å²) in [5.41, 5.74) is -0.233. The summed E-state index contributed by atoms with van der Waals surface area (Å²) >= 11 is 0. The van der Waals surface area contributed by atoms with Crippen LogP contribution in [0.3, 0.4) is 0 Å². The maximum absolute atomic E-state index is 9.03. The predicted octanol–water partition coefficient (Wildman–Crippen LogP) is 0.210. The summed E-state index contributed by atoms with van der Waals surface area (Å²) in [5.74, 6) is 0. The smallest absolute Gasteiger partial charge is 0.116 e. The maximum atomic E-state index is 9.03. The molecule has 0 aliphatic carbocycles. The van der Waals surface area contributed by atoms with Crippen molar-refractivity contribution in [3.8, 4) is 6.07 Å². The van der Waals surface area contributed by atoms with Crippen molar-refractivity contribution in [2.24, 2.45) is 5.41 Å². The molecule has 0 atom stereocenters. The van der Waals surface area contributed by atoms with Crippen LogP contribution in [0.5, 0.6) is 0 Å². The number of nitriles is 1. The van der Waals surface area contributed by atoms with Crippen LogP contribution < -0.4 is 5.32 Å². The van der Waals surface area contributed by atoms with Crippen LogP contribution in [0.25, 0.3) is 0 Å². The molecule has 0 radical (unpaired) electrons. The first-order valence-corrected chi connectivity index (χ1v) is 5.65. The summed E-state index contributed by atoms with van der Waals surface area (Å²) in [5, 5.41) is 12.5. The average molecular weight is 209 g/mol. The summed E-state index contributed by atoms with van der Waals surface area (Å²) in [7, 11) is 2.16. The van der Waals surface area contributed by atoms with Crippen molar-refractivity contribution in [1.82, 2.24) is 10.2 Å². The standard InChI is InChI=1S/C11H19N3O/c1-14-4-2-10(3-5-14)13-7-11(6-12)8-15-9-11/h10,13H,2-5,7-9H2,1H3. The lowest BCUT2D eigenvalue weighted by atomic mass is 9.87. The zero-order chi connectivity index (χ0) is 10.7. The van der Waals surface area contributed by atoms with E-state index in [1.165, 1.54) is 12.8 Å². The largest absolute Gasteiger partial charge is 0.378 e. The van der Waals surface area contributed by atoms with Gasteiger partial charge in [0.05, 0.1) is 19.3 Å². The van der Waals surface area contributed by atoms with Gasteiger partial charge in [-0.2, -0.15) is 5.26 Å². The van der Waals surface area contributed by atoms with E-state index < -0.39 is 0 Å². The topological polar surface area (TPSA) is 48.3 Å². The molecule has 2 saturated heterocycles. The van der Waals surface area contributed by atoms with E-state index in [1.807, 2.05) is 0 Å². The number of hydrogen-bond acceptors (Lipinski definition) is 4. The molecule has 0 aromatic carbocycles. The van der Waals surface area contributed by atoms with Crippen LogP contribution in [-0.4, -0.2) is 50.8 Å². The van der Waals surface area contributed by atoms with Crippen molar-refractivity contribution >= 4 is 0 Å². The van der Waals surface area contributed by atoms with E-state index in [0.717, 1.165) is 19.6 Å². The Balaban J connectivity index is 1.72. The van der Waals surface area contributed by atoms with Crippen LogP contribution in [0.15, 0.2) is 0 Å². The molecule has 4 nitrogen and oxygen atoms in total. The minimum Gasteiger partial charge on any atom is -0.378 e. The van der Waals surface area contributed by atoms with Gasteiger partial charge >= 0.3 is 0 Å². The second kappa shape index (κ2) is 4.48. The monoisotopic (exact) mass is 209 g/mol. The van der Waals surface area contributed by atoms with E-state index in [9.17, 15) is 0 Å². The summed E-state index contributed by atoms with van der Waals surface area (Å²) in [6, 6.07) is 2.96. The molecule has 2 heterocycles. The second-order valence-corrected chi connectivity index (χ2v) is 4.84. The van der Waals surface area contributed by atoms with Crippen LogP contribution in [0.1, 0.15) is 12.8 Å². The number of nitrogens with zero attached hydrogens (tertiary/aromatic N) is 2. The fourth-order valence-electron chi connectivity index (χ4n) is 2.11. The first-order valence-electron chi connectivity index (χ1n) is 5.65. The van der Waals surface area contributed by atoms with E-state index in [0.29, 0.717) is 19.3 Å². The number of rotatable bonds is 3. The third-order valence-electron chi connectivity index (χ3n) is 3.44. The van der Waals surface area contributed by atoms with Gasteiger partial charge in [-0.25, -0.2) is 0 Å². The van der Waals surface area contributed by atoms with Crippen LogP contribution in [0.2, 0.25) is 0 Å². The number of likely N-dealkylation sites (tertiary alicyclic amines) is 1. The molecular weight excluding hydrogens is 190 g/mol. The van der Waals surface area contributed by atoms with E-state index in [1.54, 1.807) is 0 Å². The highest BCUT2D eigenvalue weighted by Crippen LogP contribution is 2.25. The fourth-order valence-corrected chi connectivity index (χ4v) is 2.11. The lowest BCUT2D eigenvalue weighted by Crippen LogP contribution is -2.52. The lowest BCUT2D eigenvalue weighted by Gasteiger charge is -2.37. The second-order valence-electron chi connectivity index (χ2n) is 4.84. The molecule has 4 heteroatoms. The van der Waals surface area contributed by atoms with Crippen molar-refractivity contribution in [2.75, 3.05) is 39.9 Å². The zero-order valence-electron chi connectivity index (χ0n) is 9.33. The van der Waals surface area contributed by atoms with Crippen LogP contribution in [0, 0.1) is 16.7 Å².